The van der Waals surface area contributed by atoms with Crippen molar-refractivity contribution in [1.29, 1.82) is 0 Å². The molecule has 0 radical (unpaired) electrons. The summed E-state index contributed by atoms with van der Waals surface area (Å²) < 4.78 is 40.4. The third-order valence-corrected chi connectivity index (χ3v) is 6.02. The van der Waals surface area contributed by atoms with E-state index >= 15 is 0 Å². The number of aryl methyl sites for hydroxylation is 1. The van der Waals surface area contributed by atoms with Crippen LogP contribution in [0.3, 0.4) is 0 Å². The minimum absolute atomic E-state index is 0.237. The molecule has 32 heavy (non-hydrogen) atoms. The summed E-state index contributed by atoms with van der Waals surface area (Å²) in [6.07, 6.45) is 11.6. The molecule has 0 aliphatic carbocycles. The Morgan fingerprint density at radius 1 is 1.16 bits per heavy atom. The Morgan fingerprint density at radius 2 is 1.88 bits per heavy atom. The van der Waals surface area contributed by atoms with E-state index in [-0.39, 0.29) is 16.0 Å². The van der Waals surface area contributed by atoms with E-state index in [9.17, 15) is 17.8 Å². The predicted molar refractivity (Wildman–Crippen MR) is 125 cm³/mol. The number of nitrogens with zero attached hydrogens (tertiary/aromatic N) is 2. The highest BCUT2D eigenvalue weighted by Crippen LogP contribution is 2.23. The van der Waals surface area contributed by atoms with Gasteiger partial charge in [0.2, 0.25) is 0 Å². The van der Waals surface area contributed by atoms with Crippen LogP contribution in [0, 0.1) is 12.3 Å². The largest absolute Gasteiger partial charge is 0.422 e. The topological polar surface area (TPSA) is 91.7 Å². The van der Waals surface area contributed by atoms with E-state index in [2.05, 4.69) is 24.7 Å². The molecule has 8 heteroatoms. The van der Waals surface area contributed by atoms with Crippen LogP contribution < -0.4 is 15.1 Å². The second kappa shape index (κ2) is 9.81. The first-order chi connectivity index (χ1) is 15.3. The molecular formula is C24H25N2O5S+. The summed E-state index contributed by atoms with van der Waals surface area (Å²) in [5, 5.41) is 0.746. The van der Waals surface area contributed by atoms with Crippen molar-refractivity contribution in [2.75, 3.05) is 18.0 Å². The predicted octanol–water partition coefficient (Wildman–Crippen LogP) is 3.37. The molecule has 0 saturated carbocycles. The van der Waals surface area contributed by atoms with Gasteiger partial charge in [-0.25, -0.2) is 9.36 Å². The third kappa shape index (κ3) is 5.25. The molecule has 0 aliphatic rings. The molecule has 2 aromatic heterocycles. The van der Waals surface area contributed by atoms with E-state index < -0.39 is 15.7 Å². The van der Waals surface area contributed by atoms with Gasteiger partial charge in [0, 0.05) is 41.9 Å². The monoisotopic (exact) mass is 453 g/mol. The summed E-state index contributed by atoms with van der Waals surface area (Å²) in [6.45, 7) is 6.19. The van der Waals surface area contributed by atoms with Crippen molar-refractivity contribution in [3.63, 3.8) is 0 Å². The van der Waals surface area contributed by atoms with Crippen LogP contribution in [0.1, 0.15) is 31.4 Å². The molecule has 3 aromatic rings. The van der Waals surface area contributed by atoms with Crippen molar-refractivity contribution in [2.24, 2.45) is 0 Å². The highest BCUT2D eigenvalue weighted by molar-refractivity contribution is 7.85. The number of pyridine rings is 1. The first kappa shape index (κ1) is 23.3. The summed E-state index contributed by atoms with van der Waals surface area (Å²) in [5.74, 6) is 2.48. The molecule has 0 amide bonds. The Kier molecular flexibility index (Phi) is 7.13. The van der Waals surface area contributed by atoms with Gasteiger partial charge in [-0.3, -0.25) is 4.55 Å². The fourth-order valence-electron chi connectivity index (χ4n) is 3.41. The van der Waals surface area contributed by atoms with E-state index in [4.69, 9.17) is 10.8 Å². The van der Waals surface area contributed by atoms with Crippen LogP contribution in [0.2, 0.25) is 0 Å². The van der Waals surface area contributed by atoms with E-state index in [1.54, 1.807) is 16.8 Å². The fraction of sp³-hybridized carbons (Fsp3) is 0.250. The first-order valence-electron chi connectivity index (χ1n) is 10.2. The molecule has 7 nitrogen and oxygen atoms in total. The van der Waals surface area contributed by atoms with Gasteiger partial charge in [-0.05, 0) is 38.1 Å². The van der Waals surface area contributed by atoms with E-state index in [1.807, 2.05) is 18.2 Å². The molecule has 2 heterocycles. The van der Waals surface area contributed by atoms with Gasteiger partial charge in [0.25, 0.3) is 0 Å². The maximum Gasteiger partial charge on any atom is 0.343 e. The normalized spacial score (nSPS) is 11.7. The molecule has 0 unspecified atom stereocenters. The van der Waals surface area contributed by atoms with Crippen molar-refractivity contribution in [3.05, 3.63) is 64.3 Å². The highest BCUT2D eigenvalue weighted by atomic mass is 32.2. The minimum atomic E-state index is -4.48. The lowest BCUT2D eigenvalue weighted by molar-refractivity contribution is -0.697. The number of aromatic nitrogens is 1. The van der Waals surface area contributed by atoms with Gasteiger partial charge in [-0.1, -0.05) is 6.08 Å². The van der Waals surface area contributed by atoms with E-state index in [0.717, 1.165) is 24.2 Å². The zero-order valence-corrected chi connectivity index (χ0v) is 18.8. The Labute approximate surface area is 187 Å². The van der Waals surface area contributed by atoms with E-state index in [0.29, 0.717) is 18.5 Å². The standard InChI is InChI=1S/C24H24N2O5S/c1-4-7-13-25-14-12-18(23(17-25)32(28,29)30)8-9-20-15-19-10-11-21(26(5-2)6-3)16-22(19)31-24(20)27/h1,8-12,14-17H,5-7,13H2,2-3H3/p+1. The number of hydrogen-bond donors (Lipinski definition) is 1. The average molecular weight is 454 g/mol. The third-order valence-electron chi connectivity index (χ3n) is 5.12. The Morgan fingerprint density at radius 3 is 2.53 bits per heavy atom. The van der Waals surface area contributed by atoms with Gasteiger partial charge in [0.05, 0.1) is 12.0 Å². The summed E-state index contributed by atoms with van der Waals surface area (Å²) in [4.78, 5) is 14.4. The summed E-state index contributed by atoms with van der Waals surface area (Å²) >= 11 is 0. The molecule has 1 N–H and O–H groups in total. The molecule has 0 spiro atoms. The quantitative estimate of drug-likeness (QED) is 0.243. The fourth-order valence-corrected chi connectivity index (χ4v) is 4.11. The van der Waals surface area contributed by atoms with Crippen molar-refractivity contribution in [1.82, 2.24) is 0 Å². The molecular weight excluding hydrogens is 428 g/mol. The summed E-state index contributed by atoms with van der Waals surface area (Å²) in [5.41, 5.74) is 1.40. The maximum atomic E-state index is 12.5. The number of anilines is 1. The van der Waals surface area contributed by atoms with Crippen LogP contribution in [0.5, 0.6) is 0 Å². The number of benzene rings is 1. The van der Waals surface area contributed by atoms with Crippen molar-refractivity contribution >= 4 is 38.9 Å². The van der Waals surface area contributed by atoms with Crippen molar-refractivity contribution in [2.45, 2.75) is 31.7 Å². The van der Waals surface area contributed by atoms with Gasteiger partial charge in [-0.15, -0.1) is 12.3 Å². The molecule has 0 bridgehead atoms. The number of terminal acetylenes is 1. The Bertz CT molecular complexity index is 1360. The minimum Gasteiger partial charge on any atom is -0.422 e. The Hall–Kier alpha value is -3.41. The van der Waals surface area contributed by atoms with Crippen molar-refractivity contribution < 1.29 is 22.0 Å². The molecule has 0 atom stereocenters. The van der Waals surface area contributed by atoms with E-state index in [1.165, 1.54) is 24.4 Å². The average Bonchev–Trinajstić information content (AvgIpc) is 2.76. The van der Waals surface area contributed by atoms with Gasteiger partial charge in [0.1, 0.15) is 5.58 Å². The lowest BCUT2D eigenvalue weighted by Crippen LogP contribution is -2.34. The van der Waals surface area contributed by atoms with Gasteiger partial charge < -0.3 is 9.32 Å². The van der Waals surface area contributed by atoms with Crippen LogP contribution in [-0.2, 0) is 16.7 Å². The molecule has 0 fully saturated rings. The second-order valence-electron chi connectivity index (χ2n) is 7.15. The van der Waals surface area contributed by atoms with Gasteiger partial charge >= 0.3 is 15.7 Å². The second-order valence-corrected chi connectivity index (χ2v) is 8.54. The molecule has 3 rings (SSSR count). The first-order valence-corrected chi connectivity index (χ1v) is 11.7. The van der Waals surface area contributed by atoms with Crippen molar-refractivity contribution in [3.8, 4) is 12.3 Å². The number of rotatable bonds is 8. The van der Waals surface area contributed by atoms with Gasteiger partial charge in [-0.2, -0.15) is 8.42 Å². The zero-order valence-electron chi connectivity index (χ0n) is 18.0. The summed E-state index contributed by atoms with van der Waals surface area (Å²) in [6, 6.07) is 8.90. The number of fused-ring (bicyclic) bond motifs is 1. The molecule has 0 aliphatic heterocycles. The number of hydrogen-bond acceptors (Lipinski definition) is 5. The van der Waals surface area contributed by atoms with Crippen LogP contribution in [-0.4, -0.2) is 26.1 Å². The lowest BCUT2D eigenvalue weighted by atomic mass is 10.1. The zero-order chi connectivity index (χ0) is 23.3. The SMILES string of the molecule is C#CCC[n+]1ccc(/C=C/c2cc3ccc(N(CC)CC)cc3oc2=O)c(S(=O)(=O)O)c1. The van der Waals surface area contributed by atoms with Crippen LogP contribution in [0.15, 0.2) is 56.8 Å². The molecule has 1 aromatic carbocycles. The lowest BCUT2D eigenvalue weighted by Gasteiger charge is -2.20. The van der Waals surface area contributed by atoms with Crippen LogP contribution in [0.4, 0.5) is 5.69 Å². The highest BCUT2D eigenvalue weighted by Gasteiger charge is 2.19. The Balaban J connectivity index is 1.99. The maximum absolute atomic E-state index is 12.5. The molecule has 166 valence electrons. The van der Waals surface area contributed by atoms with Crippen LogP contribution >= 0.6 is 0 Å². The van der Waals surface area contributed by atoms with Gasteiger partial charge in [0.15, 0.2) is 23.8 Å². The van der Waals surface area contributed by atoms with Crippen LogP contribution in [0.25, 0.3) is 23.1 Å². The molecule has 0 saturated heterocycles. The smallest absolute Gasteiger partial charge is 0.343 e. The summed E-state index contributed by atoms with van der Waals surface area (Å²) in [7, 11) is -4.48.